The zero-order valence-electron chi connectivity index (χ0n) is 10.0. The van der Waals surface area contributed by atoms with E-state index in [0.29, 0.717) is 23.1 Å². The van der Waals surface area contributed by atoms with Crippen LogP contribution < -0.4 is 9.46 Å². The van der Waals surface area contributed by atoms with Crippen molar-refractivity contribution in [3.63, 3.8) is 0 Å². The van der Waals surface area contributed by atoms with Crippen LogP contribution in [0, 0.1) is 0 Å². The maximum atomic E-state index is 11.6. The smallest absolute Gasteiger partial charge is 0.235 e. The van der Waals surface area contributed by atoms with Gasteiger partial charge in [0, 0.05) is 0 Å². The van der Waals surface area contributed by atoms with Gasteiger partial charge in [-0.25, -0.2) is 8.42 Å². The highest BCUT2D eigenvalue weighted by molar-refractivity contribution is 7.93. The van der Waals surface area contributed by atoms with Crippen LogP contribution in [0.5, 0.6) is 5.75 Å². The van der Waals surface area contributed by atoms with Crippen LogP contribution in [-0.2, 0) is 10.0 Å². The Balaban J connectivity index is 2.92. The Hall–Kier alpha value is -0.940. The van der Waals surface area contributed by atoms with Crippen LogP contribution in [0.2, 0.25) is 5.02 Å². The third-order valence-corrected chi connectivity index (χ3v) is 4.17. The standard InChI is InChI=1S/C11H16ClNO3S/c1-4-16-11-6-5-9(7-10(11)12)13-17(14,15)8(2)3/h5-8,13H,4H2,1-3H3. The van der Waals surface area contributed by atoms with Gasteiger partial charge in [-0.2, -0.15) is 0 Å². The minimum absolute atomic E-state index is 0.385. The Morgan fingerprint density at radius 3 is 2.53 bits per heavy atom. The van der Waals surface area contributed by atoms with Gasteiger partial charge in [0.25, 0.3) is 0 Å². The summed E-state index contributed by atoms with van der Waals surface area (Å²) in [5.74, 6) is 0.543. The minimum Gasteiger partial charge on any atom is -0.492 e. The van der Waals surface area contributed by atoms with Gasteiger partial charge in [-0.3, -0.25) is 4.72 Å². The van der Waals surface area contributed by atoms with E-state index in [-0.39, 0.29) is 0 Å². The molecule has 0 bridgehead atoms. The minimum atomic E-state index is -3.34. The molecule has 1 aromatic carbocycles. The van der Waals surface area contributed by atoms with Crippen molar-refractivity contribution >= 4 is 27.3 Å². The van der Waals surface area contributed by atoms with Gasteiger partial charge in [-0.15, -0.1) is 0 Å². The van der Waals surface area contributed by atoms with E-state index in [9.17, 15) is 8.42 Å². The number of hydrogen-bond donors (Lipinski definition) is 1. The Morgan fingerprint density at radius 1 is 1.41 bits per heavy atom. The summed E-state index contributed by atoms with van der Waals surface area (Å²) >= 11 is 5.96. The van der Waals surface area contributed by atoms with Crippen molar-refractivity contribution in [2.45, 2.75) is 26.0 Å². The summed E-state index contributed by atoms with van der Waals surface area (Å²) in [5.41, 5.74) is 0.437. The van der Waals surface area contributed by atoms with Crippen LogP contribution in [0.15, 0.2) is 18.2 Å². The van der Waals surface area contributed by atoms with Crippen LogP contribution in [0.3, 0.4) is 0 Å². The molecule has 0 atom stereocenters. The van der Waals surface area contributed by atoms with Gasteiger partial charge in [0.1, 0.15) is 5.75 Å². The van der Waals surface area contributed by atoms with E-state index in [1.165, 1.54) is 6.07 Å². The Bertz CT molecular complexity index is 485. The summed E-state index contributed by atoms with van der Waals surface area (Å²) in [5, 5.41) is -0.108. The average molecular weight is 278 g/mol. The molecule has 1 N–H and O–H groups in total. The van der Waals surface area contributed by atoms with E-state index >= 15 is 0 Å². The third kappa shape index (κ3) is 3.78. The predicted octanol–water partition coefficient (Wildman–Crippen LogP) is 2.89. The Kier molecular flexibility index (Phi) is 4.65. The third-order valence-electron chi connectivity index (χ3n) is 2.11. The fourth-order valence-corrected chi connectivity index (χ4v) is 2.05. The van der Waals surface area contributed by atoms with Crippen LogP contribution in [-0.4, -0.2) is 20.3 Å². The first-order chi connectivity index (χ1) is 7.86. The van der Waals surface area contributed by atoms with E-state index in [1.807, 2.05) is 6.92 Å². The fourth-order valence-electron chi connectivity index (χ4n) is 1.12. The maximum absolute atomic E-state index is 11.6. The molecule has 0 aromatic heterocycles. The van der Waals surface area contributed by atoms with Crippen molar-refractivity contribution in [2.24, 2.45) is 0 Å². The zero-order chi connectivity index (χ0) is 13.1. The average Bonchev–Trinajstić information content (AvgIpc) is 2.21. The van der Waals surface area contributed by atoms with E-state index in [4.69, 9.17) is 16.3 Å². The second kappa shape index (κ2) is 5.60. The molecule has 4 nitrogen and oxygen atoms in total. The molecule has 0 fully saturated rings. The molecule has 1 rings (SSSR count). The summed E-state index contributed by atoms with van der Waals surface area (Å²) in [6.45, 7) is 5.58. The topological polar surface area (TPSA) is 55.4 Å². The lowest BCUT2D eigenvalue weighted by atomic mass is 10.3. The molecule has 0 heterocycles. The number of halogens is 1. The number of sulfonamides is 1. The monoisotopic (exact) mass is 277 g/mol. The molecule has 6 heteroatoms. The van der Waals surface area contributed by atoms with E-state index < -0.39 is 15.3 Å². The molecule has 0 aliphatic carbocycles. The molecule has 0 aliphatic rings. The van der Waals surface area contributed by atoms with Crippen LogP contribution >= 0.6 is 11.6 Å². The molecule has 0 aliphatic heterocycles. The van der Waals surface area contributed by atoms with Gasteiger partial charge in [0.15, 0.2) is 0 Å². The number of ether oxygens (including phenoxy) is 1. The molecule has 0 saturated heterocycles. The van der Waals surface area contributed by atoms with E-state index in [2.05, 4.69) is 4.72 Å². The number of anilines is 1. The van der Waals surface area contributed by atoms with Crippen LogP contribution in [0.4, 0.5) is 5.69 Å². The van der Waals surface area contributed by atoms with Crippen molar-refractivity contribution in [3.05, 3.63) is 23.2 Å². The van der Waals surface area contributed by atoms with Crippen molar-refractivity contribution in [2.75, 3.05) is 11.3 Å². The summed E-state index contributed by atoms with van der Waals surface area (Å²) in [4.78, 5) is 0. The van der Waals surface area contributed by atoms with Crippen molar-refractivity contribution in [1.82, 2.24) is 0 Å². The van der Waals surface area contributed by atoms with Crippen LogP contribution in [0.25, 0.3) is 0 Å². The molecule has 0 spiro atoms. The molecule has 17 heavy (non-hydrogen) atoms. The largest absolute Gasteiger partial charge is 0.492 e. The summed E-state index contributed by atoms with van der Waals surface area (Å²) in [7, 11) is -3.34. The summed E-state index contributed by atoms with van der Waals surface area (Å²) < 4.78 is 31.0. The number of rotatable bonds is 5. The number of nitrogens with one attached hydrogen (secondary N) is 1. The first-order valence-electron chi connectivity index (χ1n) is 5.30. The van der Waals surface area contributed by atoms with Crippen molar-refractivity contribution < 1.29 is 13.2 Å². The summed E-state index contributed by atoms with van der Waals surface area (Å²) in [6, 6.07) is 4.80. The highest BCUT2D eigenvalue weighted by Gasteiger charge is 2.16. The van der Waals surface area contributed by atoms with E-state index in [0.717, 1.165) is 0 Å². The molecular formula is C11H16ClNO3S. The van der Waals surface area contributed by atoms with Crippen LogP contribution in [0.1, 0.15) is 20.8 Å². The molecule has 96 valence electrons. The van der Waals surface area contributed by atoms with Gasteiger partial charge in [-0.1, -0.05) is 11.6 Å². The molecule has 0 amide bonds. The van der Waals surface area contributed by atoms with Gasteiger partial charge in [0.2, 0.25) is 10.0 Å². The molecule has 1 aromatic rings. The summed E-state index contributed by atoms with van der Waals surface area (Å²) in [6.07, 6.45) is 0. The van der Waals surface area contributed by atoms with Crippen molar-refractivity contribution in [3.8, 4) is 5.75 Å². The number of benzene rings is 1. The first kappa shape index (κ1) is 14.1. The second-order valence-corrected chi connectivity index (χ2v) is 6.42. The van der Waals surface area contributed by atoms with Gasteiger partial charge < -0.3 is 4.74 Å². The highest BCUT2D eigenvalue weighted by Crippen LogP contribution is 2.28. The lowest BCUT2D eigenvalue weighted by Gasteiger charge is -2.12. The SMILES string of the molecule is CCOc1ccc(NS(=O)(=O)C(C)C)cc1Cl. The fraction of sp³-hybridized carbons (Fsp3) is 0.455. The molecule has 0 saturated carbocycles. The Labute approximate surface area is 107 Å². The molecule has 0 radical (unpaired) electrons. The lowest BCUT2D eigenvalue weighted by Crippen LogP contribution is -2.22. The lowest BCUT2D eigenvalue weighted by molar-refractivity contribution is 0.340. The maximum Gasteiger partial charge on any atom is 0.235 e. The molecular weight excluding hydrogens is 262 g/mol. The predicted molar refractivity (Wildman–Crippen MR) is 70.3 cm³/mol. The first-order valence-corrected chi connectivity index (χ1v) is 7.23. The quantitative estimate of drug-likeness (QED) is 0.900. The second-order valence-electron chi connectivity index (χ2n) is 3.77. The van der Waals surface area contributed by atoms with Gasteiger partial charge in [-0.05, 0) is 39.0 Å². The Morgan fingerprint density at radius 2 is 2.06 bits per heavy atom. The van der Waals surface area contributed by atoms with Gasteiger partial charge in [0.05, 0.1) is 22.6 Å². The molecule has 0 unspecified atom stereocenters. The highest BCUT2D eigenvalue weighted by atomic mass is 35.5. The normalized spacial score (nSPS) is 11.6. The number of hydrogen-bond acceptors (Lipinski definition) is 3. The van der Waals surface area contributed by atoms with E-state index in [1.54, 1.807) is 26.0 Å². The van der Waals surface area contributed by atoms with Crippen molar-refractivity contribution in [1.29, 1.82) is 0 Å². The van der Waals surface area contributed by atoms with Gasteiger partial charge >= 0.3 is 0 Å². The zero-order valence-corrected chi connectivity index (χ0v) is 11.6.